The molecule has 0 bridgehead atoms. The molecule has 0 amide bonds. The van der Waals surface area contributed by atoms with E-state index in [1.165, 1.54) is 43.3 Å². The number of rotatable bonds is 8. The molecule has 160 valence electrons. The topological polar surface area (TPSA) is 133 Å². The van der Waals surface area contributed by atoms with Gasteiger partial charge in [-0.1, -0.05) is 37.4 Å². The van der Waals surface area contributed by atoms with Crippen molar-refractivity contribution < 1.29 is 33.9 Å². The van der Waals surface area contributed by atoms with Crippen molar-refractivity contribution in [2.45, 2.75) is 24.9 Å². The molecule has 9 heteroatoms. The number of benzene rings is 1. The highest BCUT2D eigenvalue weighted by Gasteiger charge is 2.57. The van der Waals surface area contributed by atoms with Gasteiger partial charge in [0.15, 0.2) is 5.78 Å². The Morgan fingerprint density at radius 2 is 1.73 bits per heavy atom. The summed E-state index contributed by atoms with van der Waals surface area (Å²) in [5.74, 6) is -6.13. The molecule has 1 aromatic carbocycles. The summed E-state index contributed by atoms with van der Waals surface area (Å²) in [6.45, 7) is 7.96. The lowest BCUT2D eigenvalue weighted by molar-refractivity contribution is -0.384. The van der Waals surface area contributed by atoms with E-state index in [0.29, 0.717) is 0 Å². The predicted octanol–water partition coefficient (Wildman–Crippen LogP) is 2.09. The Hall–Kier alpha value is -3.33. The van der Waals surface area contributed by atoms with Crippen molar-refractivity contribution in [3.05, 3.63) is 65.3 Å². The summed E-state index contributed by atoms with van der Waals surface area (Å²) in [6, 6.07) is 5.08. The molecule has 4 unspecified atom stereocenters. The maximum atomic E-state index is 12.8. The first-order valence-electron chi connectivity index (χ1n) is 9.18. The van der Waals surface area contributed by atoms with Gasteiger partial charge in [0.05, 0.1) is 16.4 Å². The minimum absolute atomic E-state index is 0.127. The summed E-state index contributed by atoms with van der Waals surface area (Å²) < 4.78 is 10.2. The Morgan fingerprint density at radius 3 is 2.23 bits per heavy atom. The molecule has 2 rings (SSSR count). The van der Waals surface area contributed by atoms with Crippen LogP contribution >= 0.6 is 0 Å². The number of nitrogens with zero attached hydrogens (tertiary/aromatic N) is 1. The molecule has 1 saturated carbocycles. The monoisotopic (exact) mass is 417 g/mol. The Kier molecular flexibility index (Phi) is 7.23. The molecule has 1 aliphatic rings. The van der Waals surface area contributed by atoms with Gasteiger partial charge in [0.1, 0.15) is 19.1 Å². The Bertz CT molecular complexity index is 858. The lowest BCUT2D eigenvalue weighted by Crippen LogP contribution is -2.55. The Balaban J connectivity index is 2.59. The van der Waals surface area contributed by atoms with Gasteiger partial charge in [-0.3, -0.25) is 24.5 Å². The number of hydrogen-bond donors (Lipinski definition) is 1. The number of hydrogen-bond acceptors (Lipinski definition) is 8. The van der Waals surface area contributed by atoms with Crippen molar-refractivity contribution in [1.82, 2.24) is 0 Å². The van der Waals surface area contributed by atoms with Gasteiger partial charge < -0.3 is 14.6 Å². The fourth-order valence-electron chi connectivity index (χ4n) is 3.70. The molecular formula is C21H23NO8. The van der Waals surface area contributed by atoms with Gasteiger partial charge in [-0.05, 0) is 12.5 Å². The zero-order chi connectivity index (χ0) is 22.5. The molecule has 4 atom stereocenters. The SMILES string of the molecule is C=CCOC(=O)C1C(=O)CC(C)(O)C(C(=O)OCC=C)C1c1ccc([N+](=O)[O-])cc1. The molecule has 1 aromatic rings. The summed E-state index contributed by atoms with van der Waals surface area (Å²) in [6.07, 6.45) is 2.22. The second-order valence-corrected chi connectivity index (χ2v) is 7.17. The smallest absolute Gasteiger partial charge is 0.317 e. The van der Waals surface area contributed by atoms with Gasteiger partial charge in [0, 0.05) is 24.5 Å². The summed E-state index contributed by atoms with van der Waals surface area (Å²) >= 11 is 0. The predicted molar refractivity (Wildman–Crippen MR) is 105 cm³/mol. The molecular weight excluding hydrogens is 394 g/mol. The minimum atomic E-state index is -1.81. The molecule has 0 radical (unpaired) electrons. The van der Waals surface area contributed by atoms with E-state index in [1.54, 1.807) is 0 Å². The molecule has 0 aromatic heterocycles. The van der Waals surface area contributed by atoms with Crippen molar-refractivity contribution in [3.63, 3.8) is 0 Å². The number of carbonyl (C=O) groups is 3. The number of aliphatic hydroxyl groups is 1. The van der Waals surface area contributed by atoms with Gasteiger partial charge in [-0.15, -0.1) is 0 Å². The average molecular weight is 417 g/mol. The van der Waals surface area contributed by atoms with E-state index in [9.17, 15) is 29.6 Å². The van der Waals surface area contributed by atoms with Gasteiger partial charge >= 0.3 is 11.9 Å². The minimum Gasteiger partial charge on any atom is -0.461 e. The van der Waals surface area contributed by atoms with Crippen LogP contribution in [0.1, 0.15) is 24.8 Å². The number of non-ortho nitro benzene ring substituents is 1. The van der Waals surface area contributed by atoms with Crippen LogP contribution in [0, 0.1) is 22.0 Å². The zero-order valence-electron chi connectivity index (χ0n) is 16.5. The molecule has 0 heterocycles. The van der Waals surface area contributed by atoms with Crippen LogP contribution in [0.2, 0.25) is 0 Å². The highest BCUT2D eigenvalue weighted by atomic mass is 16.6. The van der Waals surface area contributed by atoms with Crippen LogP contribution in [-0.2, 0) is 23.9 Å². The van der Waals surface area contributed by atoms with E-state index in [-0.39, 0.29) is 24.5 Å². The van der Waals surface area contributed by atoms with Crippen molar-refractivity contribution >= 4 is 23.4 Å². The van der Waals surface area contributed by atoms with Crippen molar-refractivity contribution in [1.29, 1.82) is 0 Å². The van der Waals surface area contributed by atoms with Gasteiger partial charge in [-0.2, -0.15) is 0 Å². The molecule has 0 saturated heterocycles. The average Bonchev–Trinajstić information content (AvgIpc) is 2.69. The summed E-state index contributed by atoms with van der Waals surface area (Å²) in [5.41, 5.74) is -1.73. The van der Waals surface area contributed by atoms with E-state index in [0.717, 1.165) is 0 Å². The Labute approximate surface area is 173 Å². The van der Waals surface area contributed by atoms with Crippen LogP contribution in [0.15, 0.2) is 49.6 Å². The molecule has 1 N–H and O–H groups in total. The molecule has 1 fully saturated rings. The van der Waals surface area contributed by atoms with Crippen molar-refractivity contribution in [2.75, 3.05) is 13.2 Å². The zero-order valence-corrected chi connectivity index (χ0v) is 16.5. The van der Waals surface area contributed by atoms with Crippen LogP contribution in [0.25, 0.3) is 0 Å². The Morgan fingerprint density at radius 1 is 1.20 bits per heavy atom. The number of esters is 2. The highest BCUT2D eigenvalue weighted by molar-refractivity contribution is 6.02. The first kappa shape index (κ1) is 23.0. The molecule has 0 aliphatic heterocycles. The quantitative estimate of drug-likeness (QED) is 0.223. The number of ether oxygens (including phenoxy) is 2. The van der Waals surface area contributed by atoms with Gasteiger partial charge in [-0.25, -0.2) is 0 Å². The lowest BCUT2D eigenvalue weighted by atomic mass is 9.61. The third-order valence-corrected chi connectivity index (χ3v) is 4.95. The van der Waals surface area contributed by atoms with Crippen LogP contribution < -0.4 is 0 Å². The van der Waals surface area contributed by atoms with Crippen molar-refractivity contribution in [3.8, 4) is 0 Å². The third kappa shape index (κ3) is 4.80. The normalized spacial score (nSPS) is 25.8. The van der Waals surface area contributed by atoms with E-state index in [1.807, 2.05) is 0 Å². The molecule has 9 nitrogen and oxygen atoms in total. The number of nitro benzene ring substituents is 1. The summed E-state index contributed by atoms with van der Waals surface area (Å²) in [4.78, 5) is 48.6. The molecule has 30 heavy (non-hydrogen) atoms. The van der Waals surface area contributed by atoms with Crippen LogP contribution in [-0.4, -0.2) is 46.6 Å². The fourth-order valence-corrected chi connectivity index (χ4v) is 3.70. The van der Waals surface area contributed by atoms with Crippen LogP contribution in [0.5, 0.6) is 0 Å². The van der Waals surface area contributed by atoms with E-state index < -0.39 is 52.4 Å². The van der Waals surface area contributed by atoms with E-state index in [4.69, 9.17) is 9.47 Å². The first-order chi connectivity index (χ1) is 14.1. The number of nitro groups is 1. The highest BCUT2D eigenvalue weighted by Crippen LogP contribution is 2.47. The maximum Gasteiger partial charge on any atom is 0.317 e. The van der Waals surface area contributed by atoms with Gasteiger partial charge in [0.2, 0.25) is 0 Å². The lowest BCUT2D eigenvalue weighted by Gasteiger charge is -2.43. The van der Waals surface area contributed by atoms with Crippen LogP contribution in [0.3, 0.4) is 0 Å². The largest absolute Gasteiger partial charge is 0.461 e. The summed E-state index contributed by atoms with van der Waals surface area (Å²) in [5, 5.41) is 21.9. The van der Waals surface area contributed by atoms with Crippen molar-refractivity contribution in [2.24, 2.45) is 11.8 Å². The van der Waals surface area contributed by atoms with E-state index >= 15 is 0 Å². The first-order valence-corrected chi connectivity index (χ1v) is 9.18. The molecule has 1 aliphatic carbocycles. The number of Topliss-reactive ketones (excluding diaryl/α,β-unsaturated/α-hetero) is 1. The third-order valence-electron chi connectivity index (χ3n) is 4.95. The second kappa shape index (κ2) is 9.45. The molecule has 0 spiro atoms. The fraction of sp³-hybridized carbons (Fsp3) is 0.381. The second-order valence-electron chi connectivity index (χ2n) is 7.17. The van der Waals surface area contributed by atoms with Crippen LogP contribution in [0.4, 0.5) is 5.69 Å². The number of carbonyl (C=O) groups excluding carboxylic acids is 3. The standard InChI is InChI=1S/C21H23NO8/c1-4-10-29-19(24)17-15(23)12-21(3,26)18(20(25)30-11-5-2)16(17)13-6-8-14(9-7-13)22(27)28/h4-9,16-18,26H,1-2,10-12H2,3H3. The summed E-state index contributed by atoms with van der Waals surface area (Å²) in [7, 11) is 0. The van der Waals surface area contributed by atoms with Gasteiger partial charge in [0.25, 0.3) is 5.69 Å². The maximum absolute atomic E-state index is 12.8. The van der Waals surface area contributed by atoms with E-state index in [2.05, 4.69) is 13.2 Å². The number of ketones is 1.